The monoisotopic (exact) mass is 308 g/mol. The molecule has 0 aliphatic heterocycles. The van der Waals surface area contributed by atoms with Gasteiger partial charge in [-0.2, -0.15) is 9.90 Å². The molecule has 116 valence electrons. The van der Waals surface area contributed by atoms with Gasteiger partial charge in [0.05, 0.1) is 24.7 Å². The molecular weight excluding hydrogens is 292 g/mol. The number of rotatable bonds is 4. The van der Waals surface area contributed by atoms with Crippen LogP contribution in [0.2, 0.25) is 0 Å². The number of carbonyl (C=O) groups is 1. The van der Waals surface area contributed by atoms with E-state index < -0.39 is 0 Å². The number of anilines is 1. The van der Waals surface area contributed by atoms with E-state index in [1.54, 1.807) is 7.11 Å². The number of ether oxygens (including phenoxy) is 1. The van der Waals surface area contributed by atoms with Crippen molar-refractivity contribution in [3.8, 4) is 11.4 Å². The smallest absolute Gasteiger partial charge is 0.277 e. The Morgan fingerprint density at radius 1 is 1.17 bits per heavy atom. The van der Waals surface area contributed by atoms with Gasteiger partial charge in [-0.1, -0.05) is 24.3 Å². The largest absolute Gasteiger partial charge is 0.495 e. The molecule has 0 saturated heterocycles. The average molecular weight is 308 g/mol. The maximum absolute atomic E-state index is 12.4. The molecule has 0 spiro atoms. The maximum Gasteiger partial charge on any atom is 0.277 e. The highest BCUT2D eigenvalue weighted by molar-refractivity contribution is 6.03. The molecule has 1 heterocycles. The third-order valence-corrected chi connectivity index (χ3v) is 3.31. The van der Waals surface area contributed by atoms with Gasteiger partial charge in [-0.05, 0) is 36.8 Å². The van der Waals surface area contributed by atoms with Crippen molar-refractivity contribution in [3.05, 3.63) is 66.0 Å². The second-order valence-corrected chi connectivity index (χ2v) is 5.01. The molecule has 6 nitrogen and oxygen atoms in total. The number of hydrogen-bond donors (Lipinski definition) is 1. The van der Waals surface area contributed by atoms with E-state index in [0.29, 0.717) is 11.4 Å². The van der Waals surface area contributed by atoms with Crippen LogP contribution in [0.25, 0.3) is 5.69 Å². The van der Waals surface area contributed by atoms with Crippen LogP contribution in [0.1, 0.15) is 16.1 Å². The highest BCUT2D eigenvalue weighted by Crippen LogP contribution is 2.25. The summed E-state index contributed by atoms with van der Waals surface area (Å²) in [6.07, 6.45) is 1.44. The molecule has 1 N–H and O–H groups in total. The van der Waals surface area contributed by atoms with Crippen LogP contribution in [0.5, 0.6) is 5.75 Å². The molecule has 0 atom stereocenters. The minimum Gasteiger partial charge on any atom is -0.495 e. The number of aromatic nitrogens is 3. The number of para-hydroxylation sites is 1. The van der Waals surface area contributed by atoms with Crippen LogP contribution in [0.3, 0.4) is 0 Å². The molecule has 0 radical (unpaired) electrons. The lowest BCUT2D eigenvalue weighted by Crippen LogP contribution is -2.14. The first-order valence-electron chi connectivity index (χ1n) is 7.11. The lowest BCUT2D eigenvalue weighted by atomic mass is 10.2. The molecule has 0 unspecified atom stereocenters. The first kappa shape index (κ1) is 14.8. The number of nitrogens with zero attached hydrogens (tertiary/aromatic N) is 3. The number of carbonyl (C=O) groups excluding carboxylic acids is 1. The van der Waals surface area contributed by atoms with Crippen LogP contribution in [0.15, 0.2) is 54.7 Å². The number of methoxy groups -OCH3 is 1. The van der Waals surface area contributed by atoms with Gasteiger partial charge >= 0.3 is 0 Å². The molecule has 0 aliphatic rings. The molecule has 0 saturated carbocycles. The fraction of sp³-hybridized carbons (Fsp3) is 0.118. The Kier molecular flexibility index (Phi) is 4.05. The zero-order chi connectivity index (χ0) is 16.2. The van der Waals surface area contributed by atoms with Crippen molar-refractivity contribution in [2.45, 2.75) is 6.92 Å². The Hall–Kier alpha value is -3.15. The molecule has 2 aromatic carbocycles. The van der Waals surface area contributed by atoms with Crippen LogP contribution < -0.4 is 10.1 Å². The van der Waals surface area contributed by atoms with Crippen molar-refractivity contribution in [1.82, 2.24) is 15.0 Å². The van der Waals surface area contributed by atoms with E-state index in [4.69, 9.17) is 4.74 Å². The second kappa shape index (κ2) is 6.31. The van der Waals surface area contributed by atoms with Crippen molar-refractivity contribution >= 4 is 11.6 Å². The summed E-state index contributed by atoms with van der Waals surface area (Å²) in [5.41, 5.74) is 2.65. The van der Waals surface area contributed by atoms with E-state index >= 15 is 0 Å². The normalized spacial score (nSPS) is 10.3. The van der Waals surface area contributed by atoms with E-state index in [-0.39, 0.29) is 11.6 Å². The summed E-state index contributed by atoms with van der Waals surface area (Å²) in [6, 6.07) is 15.0. The molecule has 1 aromatic heterocycles. The van der Waals surface area contributed by atoms with Gasteiger partial charge in [0.15, 0.2) is 5.69 Å². The van der Waals surface area contributed by atoms with Gasteiger partial charge in [0.1, 0.15) is 5.75 Å². The van der Waals surface area contributed by atoms with Gasteiger partial charge in [-0.25, -0.2) is 0 Å². The first-order chi connectivity index (χ1) is 11.2. The van der Waals surface area contributed by atoms with Crippen LogP contribution in [-0.4, -0.2) is 28.0 Å². The van der Waals surface area contributed by atoms with Crippen LogP contribution in [0, 0.1) is 6.92 Å². The topological polar surface area (TPSA) is 69.0 Å². The number of benzene rings is 2. The van der Waals surface area contributed by atoms with E-state index in [1.807, 2.05) is 55.5 Å². The first-order valence-corrected chi connectivity index (χ1v) is 7.11. The molecule has 3 aromatic rings. The number of hydrogen-bond acceptors (Lipinski definition) is 4. The zero-order valence-electron chi connectivity index (χ0n) is 12.9. The van der Waals surface area contributed by atoms with E-state index in [0.717, 1.165) is 11.3 Å². The van der Waals surface area contributed by atoms with Gasteiger partial charge in [0.25, 0.3) is 5.91 Å². The standard InChI is InChI=1S/C17H16N4O2/c1-12-8-9-16(23-2)14(10-12)19-17(22)15-11-18-21(20-15)13-6-4-3-5-7-13/h3-11H,1-2H3,(H,19,22). The van der Waals surface area contributed by atoms with Crippen molar-refractivity contribution in [1.29, 1.82) is 0 Å². The Labute approximate surface area is 133 Å². The Morgan fingerprint density at radius 3 is 2.70 bits per heavy atom. The minimum absolute atomic E-state index is 0.234. The predicted octanol–water partition coefficient (Wildman–Crippen LogP) is 2.84. The summed E-state index contributed by atoms with van der Waals surface area (Å²) in [7, 11) is 1.56. The highest BCUT2D eigenvalue weighted by Gasteiger charge is 2.14. The fourth-order valence-electron chi connectivity index (χ4n) is 2.16. The Balaban J connectivity index is 1.82. The predicted molar refractivity (Wildman–Crippen MR) is 87.0 cm³/mol. The van der Waals surface area contributed by atoms with Crippen LogP contribution >= 0.6 is 0 Å². The van der Waals surface area contributed by atoms with Gasteiger partial charge in [0, 0.05) is 0 Å². The minimum atomic E-state index is -0.337. The van der Waals surface area contributed by atoms with E-state index in [2.05, 4.69) is 15.5 Å². The summed E-state index contributed by atoms with van der Waals surface area (Å²) < 4.78 is 5.26. The quantitative estimate of drug-likeness (QED) is 0.804. The molecular formula is C17H16N4O2. The molecule has 23 heavy (non-hydrogen) atoms. The van der Waals surface area contributed by atoms with Gasteiger partial charge in [0.2, 0.25) is 0 Å². The molecule has 0 fully saturated rings. The summed E-state index contributed by atoms with van der Waals surface area (Å²) in [5.74, 6) is 0.260. The van der Waals surface area contributed by atoms with Gasteiger partial charge in [-0.3, -0.25) is 4.79 Å². The van der Waals surface area contributed by atoms with Gasteiger partial charge in [-0.15, -0.1) is 5.10 Å². The second-order valence-electron chi connectivity index (χ2n) is 5.01. The summed E-state index contributed by atoms with van der Waals surface area (Å²) in [6.45, 7) is 1.95. The number of aryl methyl sites for hydroxylation is 1. The van der Waals surface area contributed by atoms with Crippen LogP contribution in [0.4, 0.5) is 5.69 Å². The van der Waals surface area contributed by atoms with Crippen molar-refractivity contribution in [3.63, 3.8) is 0 Å². The van der Waals surface area contributed by atoms with Crippen molar-refractivity contribution < 1.29 is 9.53 Å². The summed E-state index contributed by atoms with van der Waals surface area (Å²) >= 11 is 0. The van der Waals surface area contributed by atoms with Crippen molar-refractivity contribution in [2.24, 2.45) is 0 Å². The Bertz CT molecular complexity index is 828. The summed E-state index contributed by atoms with van der Waals surface area (Å²) in [4.78, 5) is 13.8. The van der Waals surface area contributed by atoms with E-state index in [1.165, 1.54) is 11.0 Å². The highest BCUT2D eigenvalue weighted by atomic mass is 16.5. The third-order valence-electron chi connectivity index (χ3n) is 3.31. The zero-order valence-corrected chi connectivity index (χ0v) is 12.9. The van der Waals surface area contributed by atoms with Crippen molar-refractivity contribution in [2.75, 3.05) is 12.4 Å². The average Bonchev–Trinajstić information content (AvgIpc) is 3.06. The van der Waals surface area contributed by atoms with Crippen LogP contribution in [-0.2, 0) is 0 Å². The van der Waals surface area contributed by atoms with E-state index in [9.17, 15) is 4.79 Å². The molecule has 1 amide bonds. The Morgan fingerprint density at radius 2 is 1.96 bits per heavy atom. The lowest BCUT2D eigenvalue weighted by Gasteiger charge is -2.09. The molecule has 6 heteroatoms. The molecule has 0 bridgehead atoms. The number of amides is 1. The molecule has 0 aliphatic carbocycles. The molecule has 3 rings (SSSR count). The third kappa shape index (κ3) is 3.21. The lowest BCUT2D eigenvalue weighted by molar-refractivity contribution is 0.102. The fourth-order valence-corrected chi connectivity index (χ4v) is 2.16. The number of nitrogens with one attached hydrogen (secondary N) is 1. The van der Waals surface area contributed by atoms with Gasteiger partial charge < -0.3 is 10.1 Å². The maximum atomic E-state index is 12.4. The SMILES string of the molecule is COc1ccc(C)cc1NC(=O)c1cnn(-c2ccccc2)n1. The summed E-state index contributed by atoms with van der Waals surface area (Å²) in [5, 5.41) is 11.1.